The Kier molecular flexibility index (Phi) is 5.57. The number of nitrogens with zero attached hydrogens (tertiary/aromatic N) is 2. The Labute approximate surface area is 182 Å². The number of Topliss-reactive ketones (excluding diaryl/α,β-unsaturated/α-hetero) is 1. The number of ether oxygens (including phenoxy) is 1. The van der Waals surface area contributed by atoms with Crippen LogP contribution in [0.4, 0.5) is 0 Å². The summed E-state index contributed by atoms with van der Waals surface area (Å²) < 4.78 is 5.32. The lowest BCUT2D eigenvalue weighted by Crippen LogP contribution is -2.28. The summed E-state index contributed by atoms with van der Waals surface area (Å²) in [6.45, 7) is 0.207. The minimum Gasteiger partial charge on any atom is -0.507 e. The first kappa shape index (κ1) is 20.1. The van der Waals surface area contributed by atoms with Crippen LogP contribution in [0.1, 0.15) is 22.0 Å². The van der Waals surface area contributed by atoms with Crippen molar-refractivity contribution >= 4 is 40.4 Å². The van der Waals surface area contributed by atoms with Crippen LogP contribution >= 0.6 is 22.9 Å². The third-order valence-electron chi connectivity index (χ3n) is 4.87. The van der Waals surface area contributed by atoms with Crippen molar-refractivity contribution in [3.8, 4) is 5.75 Å². The van der Waals surface area contributed by atoms with Gasteiger partial charge in [-0.2, -0.15) is 0 Å². The molecule has 1 aromatic carbocycles. The van der Waals surface area contributed by atoms with Crippen LogP contribution < -0.4 is 4.74 Å². The molecule has 3 heterocycles. The van der Waals surface area contributed by atoms with Crippen LogP contribution in [0.3, 0.4) is 0 Å². The van der Waals surface area contributed by atoms with Gasteiger partial charge in [0, 0.05) is 28.8 Å². The molecular weight excluding hydrogens is 424 g/mol. The van der Waals surface area contributed by atoms with Gasteiger partial charge >= 0.3 is 0 Å². The van der Waals surface area contributed by atoms with Gasteiger partial charge in [-0.15, -0.1) is 11.3 Å². The molecule has 1 aliphatic heterocycles. The molecule has 1 amide bonds. The zero-order valence-corrected chi connectivity index (χ0v) is 17.5. The molecule has 2 aromatic heterocycles. The number of rotatable bonds is 5. The predicted molar refractivity (Wildman–Crippen MR) is 114 cm³/mol. The lowest BCUT2D eigenvalue weighted by atomic mass is 9.99. The lowest BCUT2D eigenvalue weighted by Gasteiger charge is -2.24. The van der Waals surface area contributed by atoms with Gasteiger partial charge in [0.2, 0.25) is 0 Å². The predicted octanol–water partition coefficient (Wildman–Crippen LogP) is 4.43. The maximum atomic E-state index is 13.0. The van der Waals surface area contributed by atoms with Gasteiger partial charge in [0.15, 0.2) is 0 Å². The van der Waals surface area contributed by atoms with Gasteiger partial charge in [-0.05, 0) is 47.3 Å². The van der Waals surface area contributed by atoms with E-state index < -0.39 is 17.7 Å². The van der Waals surface area contributed by atoms with E-state index in [2.05, 4.69) is 4.98 Å². The van der Waals surface area contributed by atoms with Gasteiger partial charge in [0.1, 0.15) is 11.5 Å². The summed E-state index contributed by atoms with van der Waals surface area (Å²) in [6, 6.07) is 11.3. The van der Waals surface area contributed by atoms with Crippen molar-refractivity contribution in [2.24, 2.45) is 0 Å². The molecule has 30 heavy (non-hydrogen) atoms. The molecule has 8 heteroatoms. The van der Waals surface area contributed by atoms with E-state index in [4.69, 9.17) is 16.3 Å². The van der Waals surface area contributed by atoms with Crippen molar-refractivity contribution in [1.29, 1.82) is 0 Å². The number of thiophene rings is 1. The highest BCUT2D eigenvalue weighted by atomic mass is 35.5. The molecule has 3 aromatic rings. The monoisotopic (exact) mass is 440 g/mol. The van der Waals surface area contributed by atoms with Crippen LogP contribution in [0.2, 0.25) is 5.02 Å². The Morgan fingerprint density at radius 2 is 2.00 bits per heavy atom. The molecule has 4 rings (SSSR count). The molecule has 1 unspecified atom stereocenters. The number of likely N-dealkylation sites (tertiary alicyclic amines) is 1. The molecule has 6 nitrogen and oxygen atoms in total. The number of pyridine rings is 1. The van der Waals surface area contributed by atoms with Crippen LogP contribution in [0, 0.1) is 0 Å². The van der Waals surface area contributed by atoms with Crippen LogP contribution in [0.5, 0.6) is 5.75 Å². The minimum absolute atomic E-state index is 0.0112. The average Bonchev–Trinajstić information content (AvgIpc) is 3.37. The first-order chi connectivity index (χ1) is 14.5. The number of ketones is 1. The quantitative estimate of drug-likeness (QED) is 0.360. The topological polar surface area (TPSA) is 79.7 Å². The number of hydrogen-bond donors (Lipinski definition) is 1. The number of carbonyl (C=O) groups excluding carboxylic acids is 2. The number of carbonyl (C=O) groups is 2. The van der Waals surface area contributed by atoms with E-state index >= 15 is 0 Å². The van der Waals surface area contributed by atoms with E-state index in [0.29, 0.717) is 10.8 Å². The smallest absolute Gasteiger partial charge is 0.295 e. The number of aliphatic hydroxyl groups is 1. The second kappa shape index (κ2) is 8.30. The highest BCUT2D eigenvalue weighted by molar-refractivity contribution is 7.10. The van der Waals surface area contributed by atoms with Gasteiger partial charge in [-0.3, -0.25) is 14.6 Å². The van der Waals surface area contributed by atoms with Gasteiger partial charge in [-0.1, -0.05) is 17.7 Å². The number of halogens is 1. The fourth-order valence-electron chi connectivity index (χ4n) is 3.48. The molecule has 0 radical (unpaired) electrons. The second-order valence-electron chi connectivity index (χ2n) is 6.64. The molecule has 0 saturated carbocycles. The normalized spacial score (nSPS) is 18.1. The summed E-state index contributed by atoms with van der Waals surface area (Å²) in [4.78, 5) is 32.2. The lowest BCUT2D eigenvalue weighted by molar-refractivity contribution is -0.140. The zero-order valence-electron chi connectivity index (χ0n) is 15.9. The Hall–Kier alpha value is -3.16. The standard InChI is InChI=1S/C22H17ClN2O4S/c1-29-16-5-4-14(23)11-15(16)20(26)18-19(17-3-2-10-30-17)25(22(28)21(18)27)12-13-6-8-24-9-7-13/h2-11,19,26H,12H2,1H3/b20-18-. The summed E-state index contributed by atoms with van der Waals surface area (Å²) in [5.74, 6) is -1.39. The number of benzene rings is 1. The van der Waals surface area contributed by atoms with Gasteiger partial charge in [-0.25, -0.2) is 0 Å². The van der Waals surface area contributed by atoms with E-state index in [1.54, 1.807) is 36.7 Å². The highest BCUT2D eigenvalue weighted by Crippen LogP contribution is 2.43. The summed E-state index contributed by atoms with van der Waals surface area (Å²) in [5, 5.41) is 13.4. The summed E-state index contributed by atoms with van der Waals surface area (Å²) in [6.07, 6.45) is 3.26. The first-order valence-corrected chi connectivity index (χ1v) is 10.3. The third kappa shape index (κ3) is 3.58. The summed E-state index contributed by atoms with van der Waals surface area (Å²) in [5.41, 5.74) is 1.10. The molecule has 1 fully saturated rings. The molecule has 1 saturated heterocycles. The molecule has 1 atom stereocenters. The maximum absolute atomic E-state index is 13.0. The zero-order chi connectivity index (χ0) is 21.3. The van der Waals surface area contributed by atoms with Crippen LogP contribution in [0.25, 0.3) is 5.76 Å². The van der Waals surface area contributed by atoms with Crippen LogP contribution in [0.15, 0.2) is 65.8 Å². The SMILES string of the molecule is COc1ccc(Cl)cc1/C(O)=C1/C(=O)C(=O)N(Cc2ccncc2)C1c1cccs1. The van der Waals surface area contributed by atoms with Crippen molar-refractivity contribution in [2.45, 2.75) is 12.6 Å². The van der Waals surface area contributed by atoms with Crippen molar-refractivity contribution < 1.29 is 19.4 Å². The Morgan fingerprint density at radius 3 is 2.67 bits per heavy atom. The van der Waals surface area contributed by atoms with Crippen molar-refractivity contribution in [3.05, 3.63) is 86.8 Å². The molecule has 1 N–H and O–H groups in total. The van der Waals surface area contributed by atoms with E-state index in [9.17, 15) is 14.7 Å². The van der Waals surface area contributed by atoms with E-state index in [-0.39, 0.29) is 23.4 Å². The third-order valence-corrected chi connectivity index (χ3v) is 6.03. The number of aromatic nitrogens is 1. The van der Waals surface area contributed by atoms with Crippen LogP contribution in [-0.4, -0.2) is 33.8 Å². The van der Waals surface area contributed by atoms with E-state index in [1.807, 2.05) is 17.5 Å². The highest BCUT2D eigenvalue weighted by Gasteiger charge is 2.46. The molecule has 152 valence electrons. The van der Waals surface area contributed by atoms with Gasteiger partial charge in [0.25, 0.3) is 11.7 Å². The van der Waals surface area contributed by atoms with Gasteiger partial charge < -0.3 is 14.7 Å². The number of methoxy groups -OCH3 is 1. The van der Waals surface area contributed by atoms with E-state index in [1.165, 1.54) is 29.4 Å². The number of amides is 1. The summed E-state index contributed by atoms with van der Waals surface area (Å²) in [7, 11) is 1.46. The fourth-order valence-corrected chi connectivity index (χ4v) is 4.50. The molecule has 0 spiro atoms. The minimum atomic E-state index is -0.748. The fraction of sp³-hybridized carbons (Fsp3) is 0.136. The van der Waals surface area contributed by atoms with Crippen molar-refractivity contribution in [1.82, 2.24) is 9.88 Å². The molecule has 0 bridgehead atoms. The Morgan fingerprint density at radius 1 is 1.23 bits per heavy atom. The van der Waals surface area contributed by atoms with Crippen molar-refractivity contribution in [2.75, 3.05) is 7.11 Å². The van der Waals surface area contributed by atoms with Crippen LogP contribution in [-0.2, 0) is 16.1 Å². The summed E-state index contributed by atoms with van der Waals surface area (Å²) >= 11 is 7.51. The molecular formula is C22H17ClN2O4S. The Bertz CT molecular complexity index is 1130. The van der Waals surface area contributed by atoms with E-state index in [0.717, 1.165) is 10.4 Å². The number of hydrogen-bond acceptors (Lipinski definition) is 6. The number of aliphatic hydroxyl groups excluding tert-OH is 1. The van der Waals surface area contributed by atoms with Gasteiger partial charge in [0.05, 0.1) is 24.3 Å². The Balaban J connectivity index is 1.88. The maximum Gasteiger partial charge on any atom is 0.295 e. The van der Waals surface area contributed by atoms with Crippen molar-refractivity contribution in [3.63, 3.8) is 0 Å². The molecule has 1 aliphatic rings. The average molecular weight is 441 g/mol. The molecule has 0 aliphatic carbocycles. The second-order valence-corrected chi connectivity index (χ2v) is 8.06. The largest absolute Gasteiger partial charge is 0.507 e. The first-order valence-electron chi connectivity index (χ1n) is 9.06.